The van der Waals surface area contributed by atoms with Gasteiger partial charge in [0.05, 0.1) is 13.1 Å². The molecular weight excluding hydrogens is 461 g/mol. The van der Waals surface area contributed by atoms with Crippen molar-refractivity contribution in [2.24, 2.45) is 0 Å². The molecule has 0 radical (unpaired) electrons. The number of hydrogen-bond acceptors (Lipinski definition) is 4. The maximum absolute atomic E-state index is 13.5. The van der Waals surface area contributed by atoms with Crippen LogP contribution in [0.3, 0.4) is 0 Å². The summed E-state index contributed by atoms with van der Waals surface area (Å²) in [5, 5.41) is 0. The molecule has 0 saturated heterocycles. The molecule has 0 atom stereocenters. The first-order chi connectivity index (χ1) is 17.5. The van der Waals surface area contributed by atoms with Crippen LogP contribution in [0.15, 0.2) is 72.9 Å². The summed E-state index contributed by atoms with van der Waals surface area (Å²) in [5.74, 6) is -0.666. The Kier molecular flexibility index (Phi) is 10.7. The van der Waals surface area contributed by atoms with Gasteiger partial charge in [-0.1, -0.05) is 42.5 Å². The minimum atomic E-state index is -0.274. The molecule has 0 aliphatic heterocycles. The highest BCUT2D eigenvalue weighted by Gasteiger charge is 2.22. The maximum atomic E-state index is 13.5. The van der Waals surface area contributed by atoms with Crippen LogP contribution in [0.1, 0.15) is 23.2 Å². The van der Waals surface area contributed by atoms with Crippen LogP contribution in [0.25, 0.3) is 0 Å². The Morgan fingerprint density at radius 2 is 1.58 bits per heavy atom. The van der Waals surface area contributed by atoms with Gasteiger partial charge in [0.1, 0.15) is 12.4 Å². The molecule has 8 heteroatoms. The molecule has 36 heavy (non-hydrogen) atoms. The topological polar surface area (TPSA) is 64.0 Å². The molecular formula is C28H34FN3O4. The van der Waals surface area contributed by atoms with Gasteiger partial charge in [-0.15, -0.1) is 0 Å². The molecule has 0 N–H and O–H groups in total. The van der Waals surface area contributed by atoms with Crippen molar-refractivity contribution in [3.8, 4) is 0 Å². The number of carbonyl (C=O) groups excluding carboxylic acids is 2. The van der Waals surface area contributed by atoms with Gasteiger partial charge in [0.25, 0.3) is 0 Å². The summed E-state index contributed by atoms with van der Waals surface area (Å²) in [6, 6.07) is 20.1. The standard InChI is InChI=1S/C28H34FN3O4/c1-35-17-7-16-31(28(34)22-36-2)21-27(33)32(19-23-8-4-3-5-9-23)20-26-10-6-15-30(26)18-24-11-13-25(29)14-12-24/h3-6,8-15H,7,16-22H2,1-2H3. The number of methoxy groups -OCH3 is 2. The number of halogens is 1. The largest absolute Gasteiger partial charge is 0.385 e. The van der Waals surface area contributed by atoms with Gasteiger partial charge in [0.2, 0.25) is 11.8 Å². The second kappa shape index (κ2) is 14.2. The monoisotopic (exact) mass is 495 g/mol. The molecule has 2 aromatic carbocycles. The van der Waals surface area contributed by atoms with E-state index in [2.05, 4.69) is 0 Å². The lowest BCUT2D eigenvalue weighted by atomic mass is 10.2. The maximum Gasteiger partial charge on any atom is 0.249 e. The normalized spacial score (nSPS) is 10.9. The SMILES string of the molecule is COCCCN(CC(=O)N(Cc1ccccc1)Cc1cccn1Cc1ccc(F)cc1)C(=O)COC. The van der Waals surface area contributed by atoms with E-state index >= 15 is 0 Å². The number of nitrogens with zero attached hydrogens (tertiary/aromatic N) is 3. The second-order valence-corrected chi connectivity index (χ2v) is 8.58. The highest BCUT2D eigenvalue weighted by Crippen LogP contribution is 2.15. The molecule has 0 bridgehead atoms. The molecule has 1 aromatic heterocycles. The third-order valence-corrected chi connectivity index (χ3v) is 5.83. The zero-order chi connectivity index (χ0) is 25.8. The van der Waals surface area contributed by atoms with Crippen molar-refractivity contribution < 1.29 is 23.5 Å². The van der Waals surface area contributed by atoms with E-state index in [0.29, 0.717) is 39.2 Å². The lowest BCUT2D eigenvalue weighted by molar-refractivity contribution is -0.143. The first-order valence-electron chi connectivity index (χ1n) is 12.0. The van der Waals surface area contributed by atoms with E-state index in [1.807, 2.05) is 53.2 Å². The molecule has 2 amide bonds. The van der Waals surface area contributed by atoms with Gasteiger partial charge < -0.3 is 23.8 Å². The lowest BCUT2D eigenvalue weighted by Crippen LogP contribution is -2.44. The van der Waals surface area contributed by atoms with E-state index in [1.165, 1.54) is 24.1 Å². The van der Waals surface area contributed by atoms with Crippen molar-refractivity contribution >= 4 is 11.8 Å². The van der Waals surface area contributed by atoms with Crippen LogP contribution in [0.2, 0.25) is 0 Å². The van der Waals surface area contributed by atoms with Crippen LogP contribution in [-0.2, 0) is 38.7 Å². The number of aromatic nitrogens is 1. The molecule has 1 heterocycles. The Labute approximate surface area is 212 Å². The van der Waals surface area contributed by atoms with E-state index < -0.39 is 0 Å². The third-order valence-electron chi connectivity index (χ3n) is 5.83. The number of ether oxygens (including phenoxy) is 2. The molecule has 7 nitrogen and oxygen atoms in total. The molecule has 192 valence electrons. The quantitative estimate of drug-likeness (QED) is 0.320. The van der Waals surface area contributed by atoms with Gasteiger partial charge in [-0.05, 0) is 41.8 Å². The summed E-state index contributed by atoms with van der Waals surface area (Å²) >= 11 is 0. The second-order valence-electron chi connectivity index (χ2n) is 8.58. The van der Waals surface area contributed by atoms with Crippen molar-refractivity contribution in [3.63, 3.8) is 0 Å². The molecule has 0 fully saturated rings. The molecule has 0 aliphatic carbocycles. The smallest absolute Gasteiger partial charge is 0.249 e. The van der Waals surface area contributed by atoms with Crippen LogP contribution < -0.4 is 0 Å². The van der Waals surface area contributed by atoms with E-state index in [0.717, 1.165) is 16.8 Å². The minimum absolute atomic E-state index is 0.0442. The van der Waals surface area contributed by atoms with Crippen molar-refractivity contribution in [1.82, 2.24) is 14.4 Å². The number of amides is 2. The fourth-order valence-corrected chi connectivity index (χ4v) is 3.94. The third kappa shape index (κ3) is 8.32. The van der Waals surface area contributed by atoms with Gasteiger partial charge in [0.15, 0.2) is 0 Å². The van der Waals surface area contributed by atoms with Gasteiger partial charge >= 0.3 is 0 Å². The zero-order valence-corrected chi connectivity index (χ0v) is 20.9. The van der Waals surface area contributed by atoms with Crippen LogP contribution in [0.4, 0.5) is 4.39 Å². The van der Waals surface area contributed by atoms with Crippen LogP contribution in [0, 0.1) is 5.82 Å². The Balaban J connectivity index is 1.78. The summed E-state index contributed by atoms with van der Waals surface area (Å²) in [5.41, 5.74) is 2.90. The average molecular weight is 496 g/mol. The Bertz CT molecular complexity index is 1090. The number of carbonyl (C=O) groups is 2. The van der Waals surface area contributed by atoms with Gasteiger partial charge in [-0.2, -0.15) is 0 Å². The van der Waals surface area contributed by atoms with Crippen LogP contribution >= 0.6 is 0 Å². The Hall–Kier alpha value is -3.49. The van der Waals surface area contributed by atoms with E-state index in [1.54, 1.807) is 24.1 Å². The number of hydrogen-bond donors (Lipinski definition) is 0. The van der Waals surface area contributed by atoms with Crippen molar-refractivity contribution in [2.75, 3.05) is 40.5 Å². The van der Waals surface area contributed by atoms with Gasteiger partial charge in [-0.25, -0.2) is 4.39 Å². The van der Waals surface area contributed by atoms with E-state index in [-0.39, 0.29) is 30.8 Å². The van der Waals surface area contributed by atoms with E-state index in [9.17, 15) is 14.0 Å². The predicted octanol–water partition coefficient (Wildman–Crippen LogP) is 3.72. The molecule has 0 unspecified atom stereocenters. The van der Waals surface area contributed by atoms with Crippen LogP contribution in [0.5, 0.6) is 0 Å². The van der Waals surface area contributed by atoms with Crippen molar-refractivity contribution in [1.29, 1.82) is 0 Å². The Morgan fingerprint density at radius 1 is 0.833 bits per heavy atom. The fraction of sp³-hybridized carbons (Fsp3) is 0.357. The van der Waals surface area contributed by atoms with Crippen molar-refractivity contribution in [2.45, 2.75) is 26.1 Å². The number of benzene rings is 2. The zero-order valence-electron chi connectivity index (χ0n) is 20.9. The summed E-state index contributed by atoms with van der Waals surface area (Å²) in [4.78, 5) is 29.4. The number of rotatable bonds is 14. The average Bonchev–Trinajstić information content (AvgIpc) is 3.31. The summed E-state index contributed by atoms with van der Waals surface area (Å²) in [7, 11) is 3.07. The molecule has 0 spiro atoms. The summed E-state index contributed by atoms with van der Waals surface area (Å²) in [6.07, 6.45) is 2.57. The fourth-order valence-electron chi connectivity index (χ4n) is 3.94. The minimum Gasteiger partial charge on any atom is -0.385 e. The molecule has 3 rings (SSSR count). The van der Waals surface area contributed by atoms with Crippen molar-refractivity contribution in [3.05, 3.63) is 95.6 Å². The highest BCUT2D eigenvalue weighted by atomic mass is 19.1. The Morgan fingerprint density at radius 3 is 2.28 bits per heavy atom. The van der Waals surface area contributed by atoms with Gasteiger partial charge in [-0.3, -0.25) is 9.59 Å². The first kappa shape index (κ1) is 27.1. The van der Waals surface area contributed by atoms with E-state index in [4.69, 9.17) is 9.47 Å². The predicted molar refractivity (Wildman–Crippen MR) is 136 cm³/mol. The van der Waals surface area contributed by atoms with Crippen LogP contribution in [-0.4, -0.2) is 66.7 Å². The van der Waals surface area contributed by atoms with Gasteiger partial charge in [0, 0.05) is 52.4 Å². The molecule has 0 aliphatic rings. The molecule has 0 saturated carbocycles. The highest BCUT2D eigenvalue weighted by molar-refractivity contribution is 5.85. The lowest BCUT2D eigenvalue weighted by Gasteiger charge is -2.28. The molecule has 3 aromatic rings. The summed E-state index contributed by atoms with van der Waals surface area (Å²) in [6.45, 7) is 2.11. The first-order valence-corrected chi connectivity index (χ1v) is 12.0. The summed E-state index contributed by atoms with van der Waals surface area (Å²) < 4.78 is 25.5.